The van der Waals surface area contributed by atoms with E-state index in [1.54, 1.807) is 73.7 Å². The normalized spacial score (nSPS) is 20.1. The van der Waals surface area contributed by atoms with Crippen molar-refractivity contribution in [2.45, 2.75) is 35.8 Å². The number of sulfonamides is 2. The summed E-state index contributed by atoms with van der Waals surface area (Å²) in [6.45, 7) is 3.63. The first-order chi connectivity index (χ1) is 15.7. The van der Waals surface area contributed by atoms with Gasteiger partial charge in [-0.2, -0.15) is 8.61 Å². The lowest BCUT2D eigenvalue weighted by Crippen LogP contribution is -2.39. The molecule has 1 fully saturated rings. The molecule has 1 heterocycles. The summed E-state index contributed by atoms with van der Waals surface area (Å²) in [5, 5.41) is 0. The second kappa shape index (κ2) is 8.90. The molecule has 9 heteroatoms. The largest absolute Gasteiger partial charge is 0.497 e. The molecular formula is C24H26N2O5S2. The highest BCUT2D eigenvalue weighted by Gasteiger charge is 2.50. The molecule has 0 bridgehead atoms. The number of rotatable bonds is 6. The summed E-state index contributed by atoms with van der Waals surface area (Å²) in [5.74, 6) is 0.593. The molecule has 1 saturated heterocycles. The van der Waals surface area contributed by atoms with E-state index < -0.39 is 32.3 Å². The third kappa shape index (κ3) is 4.29. The van der Waals surface area contributed by atoms with Crippen molar-refractivity contribution in [1.82, 2.24) is 8.61 Å². The zero-order chi connectivity index (χ0) is 23.8. The van der Waals surface area contributed by atoms with Crippen molar-refractivity contribution >= 4 is 20.0 Å². The second-order valence-electron chi connectivity index (χ2n) is 8.03. The van der Waals surface area contributed by atoms with Gasteiger partial charge < -0.3 is 4.74 Å². The van der Waals surface area contributed by atoms with Crippen molar-refractivity contribution < 1.29 is 21.6 Å². The second-order valence-corrected chi connectivity index (χ2v) is 11.8. The summed E-state index contributed by atoms with van der Waals surface area (Å²) in [5.41, 5.74) is 1.47. The van der Waals surface area contributed by atoms with Crippen LogP contribution in [0.4, 0.5) is 0 Å². The number of methoxy groups -OCH3 is 1. The van der Waals surface area contributed by atoms with Crippen LogP contribution in [0.15, 0.2) is 88.7 Å². The maximum atomic E-state index is 13.7. The van der Waals surface area contributed by atoms with Crippen LogP contribution in [-0.4, -0.2) is 45.1 Å². The molecule has 0 amide bonds. The molecular weight excluding hydrogens is 460 g/mol. The van der Waals surface area contributed by atoms with Crippen LogP contribution in [0.2, 0.25) is 0 Å². The monoisotopic (exact) mass is 486 g/mol. The Morgan fingerprint density at radius 3 is 1.94 bits per heavy atom. The van der Waals surface area contributed by atoms with Crippen LogP contribution in [0.3, 0.4) is 0 Å². The molecule has 3 aromatic rings. The maximum Gasteiger partial charge on any atom is 0.245 e. The Morgan fingerprint density at radius 2 is 1.36 bits per heavy atom. The third-order valence-electron chi connectivity index (χ3n) is 5.75. The Hall–Kier alpha value is -2.72. The van der Waals surface area contributed by atoms with Crippen molar-refractivity contribution in [1.29, 1.82) is 0 Å². The zero-order valence-corrected chi connectivity index (χ0v) is 20.3. The zero-order valence-electron chi connectivity index (χ0n) is 18.6. The smallest absolute Gasteiger partial charge is 0.245 e. The molecule has 0 radical (unpaired) electrons. The van der Waals surface area contributed by atoms with Crippen LogP contribution >= 0.6 is 0 Å². The Morgan fingerprint density at radius 1 is 0.788 bits per heavy atom. The molecule has 0 saturated carbocycles. The first kappa shape index (κ1) is 23.4. The van der Waals surface area contributed by atoms with Crippen LogP contribution in [0.5, 0.6) is 5.75 Å². The number of ether oxygens (including phenoxy) is 1. The van der Waals surface area contributed by atoms with Crippen LogP contribution in [0, 0.1) is 6.92 Å². The summed E-state index contributed by atoms with van der Waals surface area (Å²) in [6, 6.07) is 20.8. The molecule has 1 aliphatic heterocycles. The molecule has 4 rings (SSSR count). The van der Waals surface area contributed by atoms with Gasteiger partial charge in [0.05, 0.1) is 16.9 Å². The van der Waals surface area contributed by atoms with E-state index in [-0.39, 0.29) is 16.3 Å². The van der Waals surface area contributed by atoms with Gasteiger partial charge in [-0.15, -0.1) is 0 Å². The molecule has 3 aromatic carbocycles. The first-order valence-electron chi connectivity index (χ1n) is 10.5. The number of hydrogen-bond acceptors (Lipinski definition) is 5. The standard InChI is InChI=1S/C24H26N2O5S2/c1-18-9-15-23(16-10-18)32(27,28)25-17-19(2)26(33(29,30)22-7-5-4-6-8-22)24(25)20-11-13-21(31-3)14-12-20/h4-16,19,24H,17H2,1-3H3/t19-,24-/m0/s1. The lowest BCUT2D eigenvalue weighted by Gasteiger charge is -2.30. The quantitative estimate of drug-likeness (QED) is 0.529. The van der Waals surface area contributed by atoms with E-state index in [1.165, 1.54) is 27.9 Å². The topological polar surface area (TPSA) is 84.0 Å². The minimum atomic E-state index is -3.99. The Labute approximate surface area is 195 Å². The SMILES string of the molecule is COc1ccc([C@H]2N(S(=O)(=O)c3ccc(C)cc3)C[C@H](C)N2S(=O)(=O)c2ccccc2)cc1. The lowest BCUT2D eigenvalue weighted by atomic mass is 10.1. The van der Waals surface area contributed by atoms with Gasteiger partial charge in [-0.1, -0.05) is 48.0 Å². The van der Waals surface area contributed by atoms with Crippen molar-refractivity contribution in [2.24, 2.45) is 0 Å². The molecule has 2 atom stereocenters. The van der Waals surface area contributed by atoms with Gasteiger partial charge >= 0.3 is 0 Å². The third-order valence-corrected chi connectivity index (χ3v) is 9.57. The molecule has 174 valence electrons. The summed E-state index contributed by atoms with van der Waals surface area (Å²) >= 11 is 0. The fraction of sp³-hybridized carbons (Fsp3) is 0.250. The van der Waals surface area contributed by atoms with Crippen LogP contribution in [0.25, 0.3) is 0 Å². The molecule has 0 unspecified atom stereocenters. The van der Waals surface area contributed by atoms with E-state index in [0.717, 1.165) is 5.56 Å². The molecule has 33 heavy (non-hydrogen) atoms. The minimum absolute atomic E-state index is 0.0268. The number of hydrogen-bond donors (Lipinski definition) is 0. The van der Waals surface area contributed by atoms with E-state index >= 15 is 0 Å². The summed E-state index contributed by atoms with van der Waals surface area (Å²) in [7, 11) is -6.43. The summed E-state index contributed by atoms with van der Waals surface area (Å²) in [4.78, 5) is 0.239. The Bertz CT molecular complexity index is 1320. The molecule has 0 N–H and O–H groups in total. The van der Waals surface area contributed by atoms with E-state index in [9.17, 15) is 16.8 Å². The number of aryl methyl sites for hydroxylation is 1. The van der Waals surface area contributed by atoms with Gasteiger partial charge in [-0.05, 0) is 55.8 Å². The van der Waals surface area contributed by atoms with Gasteiger partial charge in [-0.25, -0.2) is 16.8 Å². The lowest BCUT2D eigenvalue weighted by molar-refractivity contribution is 0.275. The van der Waals surface area contributed by atoms with Gasteiger partial charge in [-0.3, -0.25) is 0 Å². The minimum Gasteiger partial charge on any atom is -0.497 e. The maximum absolute atomic E-state index is 13.7. The highest BCUT2D eigenvalue weighted by molar-refractivity contribution is 7.90. The number of benzene rings is 3. The van der Waals surface area contributed by atoms with Gasteiger partial charge in [0.2, 0.25) is 20.0 Å². The van der Waals surface area contributed by atoms with Gasteiger partial charge in [0.15, 0.2) is 0 Å². The predicted molar refractivity (Wildman–Crippen MR) is 126 cm³/mol. The first-order valence-corrected chi connectivity index (χ1v) is 13.4. The van der Waals surface area contributed by atoms with E-state index in [0.29, 0.717) is 11.3 Å². The summed E-state index contributed by atoms with van der Waals surface area (Å²) in [6.07, 6.45) is -1.04. The Kier molecular flexibility index (Phi) is 6.32. The summed E-state index contributed by atoms with van der Waals surface area (Å²) < 4.78 is 62.5. The van der Waals surface area contributed by atoms with Crippen molar-refractivity contribution in [2.75, 3.05) is 13.7 Å². The van der Waals surface area contributed by atoms with Crippen LogP contribution in [-0.2, 0) is 20.0 Å². The predicted octanol–water partition coefficient (Wildman–Crippen LogP) is 3.79. The fourth-order valence-electron chi connectivity index (χ4n) is 4.06. The van der Waals surface area contributed by atoms with Gasteiger partial charge in [0.1, 0.15) is 11.9 Å². The average molecular weight is 487 g/mol. The fourth-order valence-corrected chi connectivity index (χ4v) is 7.55. The van der Waals surface area contributed by atoms with E-state index in [4.69, 9.17) is 4.74 Å². The number of nitrogens with zero attached hydrogens (tertiary/aromatic N) is 2. The molecule has 7 nitrogen and oxygen atoms in total. The molecule has 0 spiro atoms. The highest BCUT2D eigenvalue weighted by Crippen LogP contribution is 2.41. The highest BCUT2D eigenvalue weighted by atomic mass is 32.2. The van der Waals surface area contributed by atoms with E-state index in [2.05, 4.69) is 0 Å². The molecule has 0 aromatic heterocycles. The molecule has 1 aliphatic rings. The van der Waals surface area contributed by atoms with Gasteiger partial charge in [0, 0.05) is 12.6 Å². The van der Waals surface area contributed by atoms with Crippen molar-refractivity contribution in [3.63, 3.8) is 0 Å². The van der Waals surface area contributed by atoms with Crippen molar-refractivity contribution in [3.8, 4) is 5.75 Å². The van der Waals surface area contributed by atoms with Crippen LogP contribution in [0.1, 0.15) is 24.2 Å². The van der Waals surface area contributed by atoms with Crippen molar-refractivity contribution in [3.05, 3.63) is 90.0 Å². The van der Waals surface area contributed by atoms with Crippen LogP contribution < -0.4 is 4.74 Å². The van der Waals surface area contributed by atoms with E-state index in [1.807, 2.05) is 6.92 Å². The average Bonchev–Trinajstić information content (AvgIpc) is 3.18. The molecule has 0 aliphatic carbocycles. The Balaban J connectivity index is 1.87. The van der Waals surface area contributed by atoms with Gasteiger partial charge in [0.25, 0.3) is 0 Å².